The highest BCUT2D eigenvalue weighted by molar-refractivity contribution is 9.10. The van der Waals surface area contributed by atoms with E-state index in [2.05, 4.69) is 15.9 Å². The molecule has 0 aromatic heterocycles. The number of esters is 1. The van der Waals surface area contributed by atoms with Crippen molar-refractivity contribution in [2.45, 2.75) is 81.0 Å². The van der Waals surface area contributed by atoms with Gasteiger partial charge in [0, 0.05) is 10.2 Å². The fourth-order valence-corrected chi connectivity index (χ4v) is 9.16. The Morgan fingerprint density at radius 3 is 2.56 bits per heavy atom. The lowest BCUT2D eigenvalue weighted by Gasteiger charge is -2.58. The van der Waals surface area contributed by atoms with E-state index in [1.54, 1.807) is 4.90 Å². The van der Waals surface area contributed by atoms with Gasteiger partial charge >= 0.3 is 5.97 Å². The molecule has 0 amide bonds. The van der Waals surface area contributed by atoms with Crippen molar-refractivity contribution in [1.29, 1.82) is 0 Å². The SMILES string of the molecule is O=C(OC[C@@H]1CCC[NH+]2CCCC[C@H]12)C12C[C@H]3C[C@@H](CC(Br)(C3)C1)C2. The zero-order valence-corrected chi connectivity index (χ0v) is 17.0. The van der Waals surface area contributed by atoms with Crippen LogP contribution in [0.3, 0.4) is 0 Å². The third kappa shape index (κ3) is 2.99. The molecule has 4 bridgehead atoms. The van der Waals surface area contributed by atoms with E-state index >= 15 is 0 Å². The molecule has 0 aromatic carbocycles. The highest BCUT2D eigenvalue weighted by Crippen LogP contribution is 2.64. The normalized spacial score (nSPS) is 51.2. The van der Waals surface area contributed by atoms with Gasteiger partial charge in [0.25, 0.3) is 0 Å². The Bertz CT molecular complexity index is 534. The Hall–Kier alpha value is -0.0900. The molecular weight excluding hydrogens is 378 g/mol. The van der Waals surface area contributed by atoms with Crippen molar-refractivity contribution in [2.75, 3.05) is 19.7 Å². The minimum atomic E-state index is -0.151. The van der Waals surface area contributed by atoms with Crippen LogP contribution in [0.4, 0.5) is 0 Å². The summed E-state index contributed by atoms with van der Waals surface area (Å²) in [6.07, 6.45) is 13.8. The zero-order valence-electron chi connectivity index (χ0n) is 15.4. The van der Waals surface area contributed by atoms with Crippen LogP contribution in [0.15, 0.2) is 0 Å². The van der Waals surface area contributed by atoms with Crippen LogP contribution < -0.4 is 4.90 Å². The fraction of sp³-hybridized carbons (Fsp3) is 0.952. The van der Waals surface area contributed by atoms with Crippen LogP contribution in [-0.2, 0) is 9.53 Å². The lowest BCUT2D eigenvalue weighted by atomic mass is 9.49. The molecule has 3 nitrogen and oxygen atoms in total. The van der Waals surface area contributed by atoms with Gasteiger partial charge in [-0.05, 0) is 82.5 Å². The molecule has 6 rings (SSSR count). The summed E-state index contributed by atoms with van der Waals surface area (Å²) in [5.41, 5.74) is -0.151. The smallest absolute Gasteiger partial charge is 0.312 e. The average Bonchev–Trinajstić information content (AvgIpc) is 2.57. The predicted octanol–water partition coefficient (Wildman–Crippen LogP) is 3.11. The first kappa shape index (κ1) is 17.0. The summed E-state index contributed by atoms with van der Waals surface area (Å²) in [5, 5.41) is 0. The average molecular weight is 411 g/mol. The number of hydrogen-bond acceptors (Lipinski definition) is 2. The third-order valence-corrected chi connectivity index (χ3v) is 9.21. The lowest BCUT2D eigenvalue weighted by Crippen LogP contribution is -3.18. The molecule has 1 N–H and O–H groups in total. The molecule has 2 aliphatic heterocycles. The van der Waals surface area contributed by atoms with Gasteiger partial charge in [-0.2, -0.15) is 0 Å². The molecule has 6 aliphatic rings. The molecule has 2 saturated heterocycles. The second kappa shape index (κ2) is 6.22. The van der Waals surface area contributed by atoms with Gasteiger partial charge in [0.1, 0.15) is 0 Å². The number of quaternary nitrogens is 1. The van der Waals surface area contributed by atoms with Crippen molar-refractivity contribution in [3.05, 3.63) is 0 Å². The molecule has 0 radical (unpaired) electrons. The molecule has 140 valence electrons. The first-order chi connectivity index (χ1) is 12.1. The topological polar surface area (TPSA) is 30.7 Å². The number of halogens is 1. The number of alkyl halides is 1. The molecule has 0 spiro atoms. The third-order valence-electron chi connectivity index (χ3n) is 8.28. The van der Waals surface area contributed by atoms with E-state index in [1.165, 1.54) is 64.5 Å². The maximum Gasteiger partial charge on any atom is 0.312 e. The summed E-state index contributed by atoms with van der Waals surface area (Å²) in [6, 6.07) is 0.759. The molecule has 1 unspecified atom stereocenters. The number of hydrogen-bond donors (Lipinski definition) is 1. The standard InChI is InChI=1S/C21H32BrNO2/c22-21-11-15-8-16(12-21)10-20(9-15,14-21)19(24)25-13-17-4-3-7-23-6-2-1-5-18(17)23/h15-18H,1-14H2/p+1/t15-,16-,17+,18-,20?,21?/m1/s1. The highest BCUT2D eigenvalue weighted by atomic mass is 79.9. The van der Waals surface area contributed by atoms with Crippen LogP contribution >= 0.6 is 15.9 Å². The minimum Gasteiger partial charge on any atom is -0.465 e. The van der Waals surface area contributed by atoms with Crippen LogP contribution in [0.2, 0.25) is 0 Å². The van der Waals surface area contributed by atoms with E-state index in [1.807, 2.05) is 0 Å². The Morgan fingerprint density at radius 1 is 1.04 bits per heavy atom. The van der Waals surface area contributed by atoms with Gasteiger partial charge < -0.3 is 9.64 Å². The van der Waals surface area contributed by atoms with E-state index in [0.717, 1.165) is 37.1 Å². The second-order valence-electron chi connectivity index (χ2n) is 10.2. The summed E-state index contributed by atoms with van der Waals surface area (Å²) >= 11 is 4.02. The number of nitrogens with one attached hydrogen (secondary N) is 1. The summed E-state index contributed by atoms with van der Waals surface area (Å²) in [4.78, 5) is 15.0. The summed E-state index contributed by atoms with van der Waals surface area (Å²) in [6.45, 7) is 3.38. The van der Waals surface area contributed by atoms with Crippen molar-refractivity contribution in [2.24, 2.45) is 23.2 Å². The Balaban J connectivity index is 1.25. The first-order valence-corrected chi connectivity index (χ1v) is 11.6. The van der Waals surface area contributed by atoms with Crippen molar-refractivity contribution in [3.8, 4) is 0 Å². The van der Waals surface area contributed by atoms with E-state index in [9.17, 15) is 4.79 Å². The maximum absolute atomic E-state index is 13.2. The van der Waals surface area contributed by atoms with E-state index in [4.69, 9.17) is 4.74 Å². The number of piperidine rings is 2. The summed E-state index contributed by atoms with van der Waals surface area (Å²) in [5.74, 6) is 2.27. The molecule has 0 aromatic rings. The van der Waals surface area contributed by atoms with E-state index in [0.29, 0.717) is 12.5 Å². The molecule has 2 heterocycles. The first-order valence-electron chi connectivity index (χ1n) is 10.8. The van der Waals surface area contributed by atoms with Crippen LogP contribution in [0.5, 0.6) is 0 Å². The molecular formula is C21H33BrNO2+. The summed E-state index contributed by atoms with van der Waals surface area (Å²) in [7, 11) is 0. The van der Waals surface area contributed by atoms with Crippen LogP contribution in [0.25, 0.3) is 0 Å². The molecule has 4 aliphatic carbocycles. The van der Waals surface area contributed by atoms with Crippen LogP contribution in [0, 0.1) is 23.2 Å². The van der Waals surface area contributed by atoms with Gasteiger partial charge in [-0.25, -0.2) is 0 Å². The van der Waals surface area contributed by atoms with E-state index in [-0.39, 0.29) is 15.7 Å². The molecule has 25 heavy (non-hydrogen) atoms. The minimum absolute atomic E-state index is 0.151. The Morgan fingerprint density at radius 2 is 1.80 bits per heavy atom. The molecule has 4 heteroatoms. The summed E-state index contributed by atoms with van der Waals surface area (Å²) < 4.78 is 6.33. The Kier molecular flexibility index (Phi) is 4.24. The van der Waals surface area contributed by atoms with Crippen molar-refractivity contribution < 1.29 is 14.4 Å². The van der Waals surface area contributed by atoms with E-state index < -0.39 is 0 Å². The van der Waals surface area contributed by atoms with Crippen LogP contribution in [0.1, 0.15) is 70.6 Å². The Labute approximate surface area is 160 Å². The largest absolute Gasteiger partial charge is 0.465 e. The van der Waals surface area contributed by atoms with Crippen LogP contribution in [-0.4, -0.2) is 36.0 Å². The van der Waals surface area contributed by atoms with Crippen molar-refractivity contribution in [1.82, 2.24) is 0 Å². The number of fused-ring (bicyclic) bond motifs is 1. The maximum atomic E-state index is 13.2. The molecule has 5 atom stereocenters. The number of rotatable bonds is 3. The van der Waals surface area contributed by atoms with Gasteiger partial charge in [-0.15, -0.1) is 0 Å². The molecule has 6 fully saturated rings. The number of ether oxygens (including phenoxy) is 1. The fourth-order valence-electron chi connectivity index (χ4n) is 7.70. The second-order valence-corrected chi connectivity index (χ2v) is 11.8. The predicted molar refractivity (Wildman–Crippen MR) is 101 cm³/mol. The zero-order chi connectivity index (χ0) is 17.1. The van der Waals surface area contributed by atoms with Gasteiger partial charge in [0.05, 0.1) is 31.2 Å². The lowest BCUT2D eigenvalue weighted by molar-refractivity contribution is -0.940. The highest BCUT2D eigenvalue weighted by Gasteiger charge is 2.60. The van der Waals surface area contributed by atoms with Crippen molar-refractivity contribution >= 4 is 21.9 Å². The number of carbonyl (C=O) groups excluding carboxylic acids is 1. The van der Waals surface area contributed by atoms with Gasteiger partial charge in [-0.1, -0.05) is 15.9 Å². The van der Waals surface area contributed by atoms with Crippen molar-refractivity contribution in [3.63, 3.8) is 0 Å². The van der Waals surface area contributed by atoms with Gasteiger partial charge in [0.2, 0.25) is 0 Å². The number of carbonyl (C=O) groups is 1. The van der Waals surface area contributed by atoms with Gasteiger partial charge in [0.15, 0.2) is 0 Å². The quantitative estimate of drug-likeness (QED) is 0.572. The van der Waals surface area contributed by atoms with Gasteiger partial charge in [-0.3, -0.25) is 4.79 Å². The molecule has 4 saturated carbocycles. The monoisotopic (exact) mass is 410 g/mol.